The normalized spacial score (nSPS) is 13.7. The predicted molar refractivity (Wildman–Crippen MR) is 63.5 cm³/mol. The van der Waals surface area contributed by atoms with E-state index >= 15 is 0 Å². The van der Waals surface area contributed by atoms with Gasteiger partial charge in [-0.1, -0.05) is 11.6 Å². The first-order valence-electron chi connectivity index (χ1n) is 5.09. The van der Waals surface area contributed by atoms with Crippen LogP contribution < -0.4 is 0 Å². The summed E-state index contributed by atoms with van der Waals surface area (Å²) in [6.07, 6.45) is -2.64. The van der Waals surface area contributed by atoms with Crippen LogP contribution in [-0.2, 0) is 9.53 Å². The molecule has 1 aromatic rings. The number of aliphatic hydroxyl groups is 2. The second-order valence-electron chi connectivity index (χ2n) is 3.62. The maximum atomic E-state index is 11.0. The number of nitro groups is 1. The summed E-state index contributed by atoms with van der Waals surface area (Å²) in [5.41, 5.74) is -0.518. The molecular formula is C10H11ClN2O6. The van der Waals surface area contributed by atoms with E-state index in [1.165, 1.54) is 0 Å². The number of carbonyl (C=O) groups is 1. The average Bonchev–Trinajstić information content (AvgIpc) is 2.37. The van der Waals surface area contributed by atoms with Crippen LogP contribution in [0, 0.1) is 10.1 Å². The van der Waals surface area contributed by atoms with E-state index in [4.69, 9.17) is 11.6 Å². The zero-order chi connectivity index (χ0) is 14.6. The average molecular weight is 291 g/mol. The highest BCUT2D eigenvalue weighted by atomic mass is 35.5. The van der Waals surface area contributed by atoms with Crippen molar-refractivity contribution in [1.82, 2.24) is 4.98 Å². The Morgan fingerprint density at radius 1 is 1.63 bits per heavy atom. The van der Waals surface area contributed by atoms with Crippen LogP contribution in [0.25, 0.3) is 0 Å². The fourth-order valence-corrected chi connectivity index (χ4v) is 1.55. The highest BCUT2D eigenvalue weighted by Gasteiger charge is 2.26. The van der Waals surface area contributed by atoms with Crippen LogP contribution in [0.1, 0.15) is 18.1 Å². The van der Waals surface area contributed by atoms with Gasteiger partial charge in [-0.05, 0) is 0 Å². The number of pyridine rings is 1. The predicted octanol–water partition coefficient (Wildman–Crippen LogP) is 0.601. The number of aromatic nitrogens is 1. The van der Waals surface area contributed by atoms with Crippen molar-refractivity contribution < 1.29 is 24.7 Å². The van der Waals surface area contributed by atoms with Crippen LogP contribution >= 0.6 is 11.6 Å². The molecule has 1 rings (SSSR count). The van der Waals surface area contributed by atoms with E-state index in [0.717, 1.165) is 19.4 Å². The van der Waals surface area contributed by atoms with Crippen LogP contribution in [0.5, 0.6) is 0 Å². The molecule has 0 amide bonds. The minimum absolute atomic E-state index is 0.132. The number of hydrogen-bond donors (Lipinski definition) is 2. The smallest absolute Gasteiger partial charge is 0.308 e. The zero-order valence-electron chi connectivity index (χ0n) is 9.82. The number of hydrogen-bond acceptors (Lipinski definition) is 7. The molecule has 1 heterocycles. The van der Waals surface area contributed by atoms with Gasteiger partial charge in [-0.25, -0.2) is 4.98 Å². The van der Waals surface area contributed by atoms with Crippen molar-refractivity contribution >= 4 is 23.3 Å². The fourth-order valence-electron chi connectivity index (χ4n) is 1.33. The minimum Gasteiger partial charge on any atom is -0.469 e. The summed E-state index contributed by atoms with van der Waals surface area (Å²) in [5.74, 6) is -0.735. The molecule has 0 fully saturated rings. The summed E-state index contributed by atoms with van der Waals surface area (Å²) in [7, 11) is 1.13. The van der Waals surface area contributed by atoms with E-state index in [1.807, 2.05) is 0 Å². The fraction of sp³-hybridized carbons (Fsp3) is 0.400. The Labute approximate surface area is 112 Å². The topological polar surface area (TPSA) is 123 Å². The molecule has 0 bridgehead atoms. The first kappa shape index (κ1) is 15.3. The lowest BCUT2D eigenvalue weighted by Crippen LogP contribution is -2.23. The number of methoxy groups -OCH3 is 1. The summed E-state index contributed by atoms with van der Waals surface area (Å²) < 4.78 is 4.33. The Morgan fingerprint density at radius 3 is 2.79 bits per heavy atom. The van der Waals surface area contributed by atoms with E-state index in [2.05, 4.69) is 9.72 Å². The number of carbonyl (C=O) groups excluding carboxylic acids is 1. The summed E-state index contributed by atoms with van der Waals surface area (Å²) in [6, 6.07) is 0.987. The Morgan fingerprint density at radius 2 is 2.26 bits per heavy atom. The lowest BCUT2D eigenvalue weighted by atomic mass is 10.0. The van der Waals surface area contributed by atoms with Gasteiger partial charge in [-0.15, -0.1) is 0 Å². The van der Waals surface area contributed by atoms with Gasteiger partial charge in [-0.3, -0.25) is 14.9 Å². The van der Waals surface area contributed by atoms with E-state index in [0.29, 0.717) is 0 Å². The number of halogens is 1. The minimum atomic E-state index is -1.58. The van der Waals surface area contributed by atoms with Crippen molar-refractivity contribution in [2.45, 2.75) is 18.6 Å². The number of nitrogens with zero attached hydrogens (tertiary/aromatic N) is 2. The second-order valence-corrected chi connectivity index (χ2v) is 3.98. The standard InChI is InChI=1S/C10H11ClN2O6/c1-19-8(15)3-7(14)9(16)6-2-5(13(17)18)4-12-10(6)11/h2,4,7,9,14,16H,3H2,1H3. The van der Waals surface area contributed by atoms with Crippen molar-refractivity contribution in [3.05, 3.63) is 33.1 Å². The molecule has 2 atom stereocenters. The lowest BCUT2D eigenvalue weighted by molar-refractivity contribution is -0.385. The van der Waals surface area contributed by atoms with Crippen LogP contribution in [-0.4, -0.2) is 39.3 Å². The Hall–Kier alpha value is -1.77. The molecule has 0 saturated heterocycles. The molecule has 9 heteroatoms. The first-order chi connectivity index (χ1) is 8.86. The maximum Gasteiger partial charge on any atom is 0.308 e. The molecule has 0 aliphatic rings. The Balaban J connectivity index is 2.97. The van der Waals surface area contributed by atoms with Crippen LogP contribution in [0.3, 0.4) is 0 Å². The van der Waals surface area contributed by atoms with E-state index in [9.17, 15) is 25.1 Å². The van der Waals surface area contributed by atoms with Gasteiger partial charge in [0, 0.05) is 11.6 Å². The van der Waals surface area contributed by atoms with Crippen molar-refractivity contribution in [2.24, 2.45) is 0 Å². The van der Waals surface area contributed by atoms with Gasteiger partial charge < -0.3 is 14.9 Å². The Kier molecular flexibility index (Phi) is 5.16. The van der Waals surface area contributed by atoms with Gasteiger partial charge in [0.2, 0.25) is 0 Å². The quantitative estimate of drug-likeness (QED) is 0.352. The lowest BCUT2D eigenvalue weighted by Gasteiger charge is -2.17. The molecule has 0 spiro atoms. The molecule has 2 N–H and O–H groups in total. The summed E-state index contributed by atoms with van der Waals surface area (Å²) >= 11 is 5.69. The SMILES string of the molecule is COC(=O)CC(O)C(O)c1cc([N+](=O)[O-])cnc1Cl. The highest BCUT2D eigenvalue weighted by molar-refractivity contribution is 6.30. The molecule has 104 valence electrons. The maximum absolute atomic E-state index is 11.0. The van der Waals surface area contributed by atoms with E-state index in [1.54, 1.807) is 0 Å². The van der Waals surface area contributed by atoms with Gasteiger partial charge in [-0.2, -0.15) is 0 Å². The van der Waals surface area contributed by atoms with Gasteiger partial charge in [0.1, 0.15) is 17.5 Å². The van der Waals surface area contributed by atoms with Crippen molar-refractivity contribution in [1.29, 1.82) is 0 Å². The Bertz CT molecular complexity index is 495. The van der Waals surface area contributed by atoms with E-state index < -0.39 is 29.5 Å². The second kappa shape index (κ2) is 6.41. The monoisotopic (exact) mass is 290 g/mol. The third-order valence-corrected chi connectivity index (χ3v) is 2.66. The molecular weight excluding hydrogens is 280 g/mol. The van der Waals surface area contributed by atoms with E-state index in [-0.39, 0.29) is 16.4 Å². The molecule has 0 saturated carbocycles. The summed E-state index contributed by atoms with van der Waals surface area (Å²) in [4.78, 5) is 24.4. The van der Waals surface area contributed by atoms with Crippen molar-refractivity contribution in [3.63, 3.8) is 0 Å². The van der Waals surface area contributed by atoms with Gasteiger partial charge in [0.15, 0.2) is 0 Å². The van der Waals surface area contributed by atoms with Crippen LogP contribution in [0.2, 0.25) is 5.15 Å². The number of ether oxygens (including phenoxy) is 1. The molecule has 0 aromatic carbocycles. The zero-order valence-corrected chi connectivity index (χ0v) is 10.6. The summed E-state index contributed by atoms with van der Waals surface area (Å²) in [6.45, 7) is 0. The molecule has 8 nitrogen and oxygen atoms in total. The van der Waals surface area contributed by atoms with Crippen LogP contribution in [0.15, 0.2) is 12.3 Å². The third kappa shape index (κ3) is 3.85. The number of aliphatic hydroxyl groups excluding tert-OH is 2. The van der Waals surface area contributed by atoms with Crippen molar-refractivity contribution in [3.8, 4) is 0 Å². The number of rotatable bonds is 5. The van der Waals surface area contributed by atoms with Gasteiger partial charge in [0.05, 0.1) is 24.6 Å². The molecule has 0 aliphatic carbocycles. The number of esters is 1. The van der Waals surface area contributed by atoms with Crippen molar-refractivity contribution in [2.75, 3.05) is 7.11 Å². The van der Waals surface area contributed by atoms with Crippen LogP contribution in [0.4, 0.5) is 5.69 Å². The molecule has 19 heavy (non-hydrogen) atoms. The van der Waals surface area contributed by atoms with Gasteiger partial charge in [0.25, 0.3) is 5.69 Å². The third-order valence-electron chi connectivity index (χ3n) is 2.35. The molecule has 1 aromatic heterocycles. The molecule has 0 radical (unpaired) electrons. The molecule has 2 unspecified atom stereocenters. The largest absolute Gasteiger partial charge is 0.469 e. The molecule has 0 aliphatic heterocycles. The van der Waals surface area contributed by atoms with Gasteiger partial charge >= 0.3 is 5.97 Å². The first-order valence-corrected chi connectivity index (χ1v) is 5.47. The summed E-state index contributed by atoms with van der Waals surface area (Å²) in [5, 5.41) is 29.8. The highest BCUT2D eigenvalue weighted by Crippen LogP contribution is 2.28.